The van der Waals surface area contributed by atoms with Crippen LogP contribution in [0.3, 0.4) is 0 Å². The van der Waals surface area contributed by atoms with Crippen LogP contribution in [0, 0.1) is 5.92 Å². The number of hydrogen-bond acceptors (Lipinski definition) is 5. The Morgan fingerprint density at radius 1 is 1.06 bits per heavy atom. The van der Waals surface area contributed by atoms with E-state index in [1.807, 2.05) is 26.0 Å². The molecule has 0 spiro atoms. The average molecular weight is 467 g/mol. The predicted octanol–water partition coefficient (Wildman–Crippen LogP) is 4.18. The lowest BCUT2D eigenvalue weighted by atomic mass is 9.97. The molecule has 1 N–H and O–H groups in total. The van der Waals surface area contributed by atoms with Crippen LogP contribution in [0.25, 0.3) is 0 Å². The van der Waals surface area contributed by atoms with Crippen molar-refractivity contribution in [1.82, 2.24) is 4.31 Å². The number of halogens is 1. The number of hydrogen-bond donors (Lipinski definition) is 1. The Hall–Kier alpha value is -2.29. The first-order valence-electron chi connectivity index (χ1n) is 10.3. The number of ether oxygens (including phenoxy) is 2. The molecule has 0 unspecified atom stereocenters. The van der Waals surface area contributed by atoms with Gasteiger partial charge in [0.05, 0.1) is 28.8 Å². The molecule has 0 atom stereocenters. The lowest BCUT2D eigenvalue weighted by Gasteiger charge is -2.30. The number of piperidine rings is 1. The number of carbonyl (C=O) groups is 1. The van der Waals surface area contributed by atoms with Crippen LogP contribution in [0.4, 0.5) is 5.69 Å². The summed E-state index contributed by atoms with van der Waals surface area (Å²) in [4.78, 5) is 12.8. The van der Waals surface area contributed by atoms with Gasteiger partial charge in [-0.2, -0.15) is 4.31 Å². The molecule has 1 aliphatic heterocycles. The average Bonchev–Trinajstić information content (AvgIpc) is 2.77. The summed E-state index contributed by atoms with van der Waals surface area (Å²) in [6.07, 6.45) is 0.874. The van der Waals surface area contributed by atoms with Gasteiger partial charge in [0.25, 0.3) is 0 Å². The normalized spacial score (nSPS) is 15.5. The minimum Gasteiger partial charge on any atom is -0.492 e. The van der Waals surface area contributed by atoms with E-state index in [4.69, 9.17) is 21.1 Å². The summed E-state index contributed by atoms with van der Waals surface area (Å²) in [5, 5.41) is 3.17. The summed E-state index contributed by atoms with van der Waals surface area (Å²) < 4.78 is 38.3. The van der Waals surface area contributed by atoms with Crippen molar-refractivity contribution in [3.05, 3.63) is 47.5 Å². The van der Waals surface area contributed by atoms with Gasteiger partial charge in [0, 0.05) is 19.0 Å². The van der Waals surface area contributed by atoms with Gasteiger partial charge in [-0.3, -0.25) is 4.79 Å². The Morgan fingerprint density at radius 3 is 2.35 bits per heavy atom. The van der Waals surface area contributed by atoms with Gasteiger partial charge in [0.1, 0.15) is 11.5 Å². The third kappa shape index (κ3) is 5.50. The number of para-hydroxylation sites is 2. The van der Waals surface area contributed by atoms with Crippen molar-refractivity contribution in [3.63, 3.8) is 0 Å². The summed E-state index contributed by atoms with van der Waals surface area (Å²) in [6.45, 7) is 5.18. The zero-order valence-electron chi connectivity index (χ0n) is 17.6. The number of anilines is 1. The SMILES string of the molecule is CCOc1ccc(S(=O)(=O)N2CCC(C(=O)Nc3ccccc3OCC)CC2)cc1Cl. The van der Waals surface area contributed by atoms with Crippen LogP contribution in [0.2, 0.25) is 5.02 Å². The Balaban J connectivity index is 1.63. The van der Waals surface area contributed by atoms with Crippen LogP contribution in [0.5, 0.6) is 11.5 Å². The molecule has 7 nitrogen and oxygen atoms in total. The Kier molecular flexibility index (Phi) is 7.80. The van der Waals surface area contributed by atoms with E-state index in [1.54, 1.807) is 18.2 Å². The summed E-state index contributed by atoms with van der Waals surface area (Å²) in [7, 11) is -3.70. The van der Waals surface area contributed by atoms with Crippen molar-refractivity contribution in [1.29, 1.82) is 0 Å². The Morgan fingerprint density at radius 2 is 1.71 bits per heavy atom. The highest BCUT2D eigenvalue weighted by molar-refractivity contribution is 7.89. The van der Waals surface area contributed by atoms with Crippen molar-refractivity contribution >= 4 is 33.2 Å². The van der Waals surface area contributed by atoms with Gasteiger partial charge in [0.15, 0.2) is 0 Å². The van der Waals surface area contributed by atoms with Gasteiger partial charge in [-0.1, -0.05) is 23.7 Å². The van der Waals surface area contributed by atoms with Crippen molar-refractivity contribution in [2.75, 3.05) is 31.6 Å². The van der Waals surface area contributed by atoms with E-state index >= 15 is 0 Å². The maximum absolute atomic E-state index is 13.0. The molecule has 0 bridgehead atoms. The molecule has 1 saturated heterocycles. The number of sulfonamides is 1. The molecule has 1 heterocycles. The largest absolute Gasteiger partial charge is 0.492 e. The first kappa shape index (κ1) is 23.4. The molecule has 168 valence electrons. The Labute approximate surface area is 188 Å². The third-order valence-corrected chi connectivity index (χ3v) is 7.30. The fourth-order valence-electron chi connectivity index (χ4n) is 3.51. The van der Waals surface area contributed by atoms with Crippen molar-refractivity contribution < 1.29 is 22.7 Å². The molecule has 9 heteroatoms. The molecule has 31 heavy (non-hydrogen) atoms. The molecule has 1 amide bonds. The number of amides is 1. The van der Waals surface area contributed by atoms with E-state index in [0.29, 0.717) is 43.2 Å². The summed E-state index contributed by atoms with van der Waals surface area (Å²) >= 11 is 6.16. The van der Waals surface area contributed by atoms with Crippen LogP contribution < -0.4 is 14.8 Å². The highest BCUT2D eigenvalue weighted by atomic mass is 35.5. The monoisotopic (exact) mass is 466 g/mol. The number of nitrogens with zero attached hydrogens (tertiary/aromatic N) is 1. The predicted molar refractivity (Wildman–Crippen MR) is 120 cm³/mol. The maximum Gasteiger partial charge on any atom is 0.243 e. The van der Waals surface area contributed by atoms with E-state index in [0.717, 1.165) is 0 Å². The van der Waals surface area contributed by atoms with E-state index in [9.17, 15) is 13.2 Å². The fourth-order valence-corrected chi connectivity index (χ4v) is 5.30. The summed E-state index contributed by atoms with van der Waals surface area (Å²) in [5.41, 5.74) is 0.619. The van der Waals surface area contributed by atoms with Crippen LogP contribution in [0.15, 0.2) is 47.4 Å². The maximum atomic E-state index is 13.0. The molecule has 0 radical (unpaired) electrons. The Bertz CT molecular complexity index is 1020. The van der Waals surface area contributed by atoms with E-state index in [2.05, 4.69) is 5.32 Å². The number of nitrogens with one attached hydrogen (secondary N) is 1. The van der Waals surface area contributed by atoms with Crippen molar-refractivity contribution in [2.45, 2.75) is 31.6 Å². The molecule has 0 saturated carbocycles. The second-order valence-electron chi connectivity index (χ2n) is 7.12. The minimum absolute atomic E-state index is 0.120. The second-order valence-corrected chi connectivity index (χ2v) is 9.47. The lowest BCUT2D eigenvalue weighted by molar-refractivity contribution is -0.120. The zero-order valence-corrected chi connectivity index (χ0v) is 19.2. The van der Waals surface area contributed by atoms with Crippen molar-refractivity contribution in [2.24, 2.45) is 5.92 Å². The summed E-state index contributed by atoms with van der Waals surface area (Å²) in [6, 6.07) is 11.7. The van der Waals surface area contributed by atoms with Gasteiger partial charge >= 0.3 is 0 Å². The third-order valence-electron chi connectivity index (χ3n) is 5.11. The number of carbonyl (C=O) groups excluding carboxylic acids is 1. The standard InChI is InChI=1S/C22H27ClN2O5S/c1-3-29-20-10-9-17(15-18(20)23)31(27,28)25-13-11-16(12-14-25)22(26)24-19-7-5-6-8-21(19)30-4-2/h5-10,15-16H,3-4,11-14H2,1-2H3,(H,24,26). The fraction of sp³-hybridized carbons (Fsp3) is 0.409. The zero-order chi connectivity index (χ0) is 22.4. The van der Waals surface area contributed by atoms with Crippen LogP contribution in [0.1, 0.15) is 26.7 Å². The second kappa shape index (κ2) is 10.3. The number of rotatable bonds is 8. The van der Waals surface area contributed by atoms with Crippen LogP contribution in [-0.4, -0.2) is 44.9 Å². The van der Waals surface area contributed by atoms with E-state index in [-0.39, 0.29) is 34.8 Å². The van der Waals surface area contributed by atoms with E-state index < -0.39 is 10.0 Å². The smallest absolute Gasteiger partial charge is 0.243 e. The molecule has 1 fully saturated rings. The first-order chi connectivity index (χ1) is 14.9. The minimum atomic E-state index is -3.70. The molecular weight excluding hydrogens is 440 g/mol. The molecule has 1 aliphatic rings. The first-order valence-corrected chi connectivity index (χ1v) is 12.1. The quantitative estimate of drug-likeness (QED) is 0.630. The van der Waals surface area contributed by atoms with Gasteiger partial charge in [-0.25, -0.2) is 8.42 Å². The van der Waals surface area contributed by atoms with Gasteiger partial charge in [-0.05, 0) is 57.0 Å². The highest BCUT2D eigenvalue weighted by Crippen LogP contribution is 2.31. The molecule has 2 aromatic carbocycles. The molecule has 0 aromatic heterocycles. The molecule has 0 aliphatic carbocycles. The molecular formula is C22H27ClN2O5S. The van der Waals surface area contributed by atoms with E-state index in [1.165, 1.54) is 16.4 Å². The van der Waals surface area contributed by atoms with Gasteiger partial charge in [-0.15, -0.1) is 0 Å². The topological polar surface area (TPSA) is 84.9 Å². The molecule has 2 aromatic rings. The lowest BCUT2D eigenvalue weighted by Crippen LogP contribution is -2.41. The van der Waals surface area contributed by atoms with Crippen molar-refractivity contribution in [3.8, 4) is 11.5 Å². The number of benzene rings is 2. The molecule has 3 rings (SSSR count). The van der Waals surface area contributed by atoms with Gasteiger partial charge in [0.2, 0.25) is 15.9 Å². The van der Waals surface area contributed by atoms with Gasteiger partial charge < -0.3 is 14.8 Å². The van der Waals surface area contributed by atoms with Crippen LogP contribution in [-0.2, 0) is 14.8 Å². The highest BCUT2D eigenvalue weighted by Gasteiger charge is 2.32. The summed E-state index contributed by atoms with van der Waals surface area (Å²) in [5.74, 6) is 0.662. The van der Waals surface area contributed by atoms with Crippen LogP contribution >= 0.6 is 11.6 Å².